The van der Waals surface area contributed by atoms with Crippen molar-refractivity contribution in [3.8, 4) is 0 Å². The van der Waals surface area contributed by atoms with Gasteiger partial charge in [-0.25, -0.2) is 0 Å². The fraction of sp³-hybridized carbons (Fsp3) is 0. The highest BCUT2D eigenvalue weighted by Gasteiger charge is 2.21. The number of fused-ring (bicyclic) bond motifs is 9. The lowest BCUT2D eigenvalue weighted by Gasteiger charge is -2.05. The van der Waals surface area contributed by atoms with E-state index in [0.717, 1.165) is 0 Å². The molecular formula is C32H18N2. The van der Waals surface area contributed by atoms with Gasteiger partial charge in [0.25, 0.3) is 0 Å². The van der Waals surface area contributed by atoms with E-state index in [9.17, 15) is 0 Å². The number of benzene rings is 6. The first-order valence-electron chi connectivity index (χ1n) is 11.8. The number of aromatic amines is 1. The summed E-state index contributed by atoms with van der Waals surface area (Å²) in [5, 5.41) is 13.0. The predicted molar refractivity (Wildman–Crippen MR) is 145 cm³/mol. The molecule has 3 aromatic heterocycles. The minimum Gasteiger partial charge on any atom is -0.354 e. The van der Waals surface area contributed by atoms with E-state index in [0.29, 0.717) is 0 Å². The van der Waals surface area contributed by atoms with Crippen molar-refractivity contribution in [3.05, 3.63) is 103 Å². The molecule has 34 heavy (non-hydrogen) atoms. The molecule has 9 rings (SSSR count). The molecule has 0 spiro atoms. The van der Waals surface area contributed by atoms with Crippen LogP contribution in [0.3, 0.4) is 0 Å². The number of H-pyrrole nitrogens is 1. The number of nitrogens with zero attached hydrogens (tertiary/aromatic N) is 1. The maximum atomic E-state index is 3.85. The monoisotopic (exact) mass is 430 g/mol. The summed E-state index contributed by atoms with van der Waals surface area (Å²) in [7, 11) is 0. The molecule has 0 bridgehead atoms. The zero-order chi connectivity index (χ0) is 22.0. The molecule has 0 aliphatic rings. The van der Waals surface area contributed by atoms with Gasteiger partial charge in [0, 0.05) is 43.2 Å². The van der Waals surface area contributed by atoms with Gasteiger partial charge in [-0.05, 0) is 34.4 Å². The normalized spacial score (nSPS) is 12.7. The van der Waals surface area contributed by atoms with Crippen molar-refractivity contribution in [2.24, 2.45) is 0 Å². The maximum Gasteiger partial charge on any atom is 0.0620 e. The summed E-state index contributed by atoms with van der Waals surface area (Å²) >= 11 is 0. The first-order chi connectivity index (χ1) is 16.9. The molecule has 1 N–H and O–H groups in total. The van der Waals surface area contributed by atoms with Crippen molar-refractivity contribution in [3.63, 3.8) is 0 Å². The van der Waals surface area contributed by atoms with Crippen LogP contribution in [0.5, 0.6) is 0 Å². The molecule has 0 saturated carbocycles. The molecule has 3 heterocycles. The maximum absolute atomic E-state index is 3.85. The van der Waals surface area contributed by atoms with Gasteiger partial charge in [-0.3, -0.25) is 0 Å². The van der Waals surface area contributed by atoms with Crippen LogP contribution in [0.1, 0.15) is 0 Å². The molecular weight excluding hydrogens is 412 g/mol. The van der Waals surface area contributed by atoms with Gasteiger partial charge in [0.05, 0.1) is 22.1 Å². The Kier molecular flexibility index (Phi) is 2.83. The average Bonchev–Trinajstić information content (AvgIpc) is 3.39. The zero-order valence-corrected chi connectivity index (χ0v) is 18.3. The molecule has 156 valence electrons. The molecule has 9 aromatic rings. The second-order valence-electron chi connectivity index (χ2n) is 9.44. The van der Waals surface area contributed by atoms with Gasteiger partial charge in [0.15, 0.2) is 0 Å². The van der Waals surface area contributed by atoms with Gasteiger partial charge < -0.3 is 9.38 Å². The quantitative estimate of drug-likeness (QED) is 0.248. The molecule has 0 amide bonds. The fourth-order valence-corrected chi connectivity index (χ4v) is 6.48. The van der Waals surface area contributed by atoms with E-state index in [1.54, 1.807) is 0 Å². The lowest BCUT2D eigenvalue weighted by Crippen LogP contribution is -1.86. The zero-order valence-electron chi connectivity index (χ0n) is 18.3. The van der Waals surface area contributed by atoms with Gasteiger partial charge in [0.1, 0.15) is 0 Å². The van der Waals surface area contributed by atoms with Crippen LogP contribution >= 0.6 is 0 Å². The highest BCUT2D eigenvalue weighted by molar-refractivity contribution is 6.38. The van der Waals surface area contributed by atoms with E-state index < -0.39 is 0 Å². The van der Waals surface area contributed by atoms with Crippen molar-refractivity contribution in [1.82, 2.24) is 9.38 Å². The van der Waals surface area contributed by atoms with E-state index in [-0.39, 0.29) is 0 Å². The van der Waals surface area contributed by atoms with Gasteiger partial charge in [-0.2, -0.15) is 0 Å². The number of hydrogen-bond donors (Lipinski definition) is 1. The molecule has 0 atom stereocenters. The Morgan fingerprint density at radius 2 is 1.15 bits per heavy atom. The summed E-state index contributed by atoms with van der Waals surface area (Å²) in [6, 6.07) is 37.9. The summed E-state index contributed by atoms with van der Waals surface area (Å²) < 4.78 is 2.51. The highest BCUT2D eigenvalue weighted by Crippen LogP contribution is 2.46. The van der Waals surface area contributed by atoms with Crippen molar-refractivity contribution in [2.45, 2.75) is 0 Å². The number of para-hydroxylation sites is 2. The topological polar surface area (TPSA) is 20.2 Å². The summed E-state index contributed by atoms with van der Waals surface area (Å²) in [5.74, 6) is 0. The smallest absolute Gasteiger partial charge is 0.0620 e. The van der Waals surface area contributed by atoms with Crippen LogP contribution in [0.2, 0.25) is 0 Å². The Morgan fingerprint density at radius 1 is 0.471 bits per heavy atom. The summed E-state index contributed by atoms with van der Waals surface area (Å²) in [6.45, 7) is 0. The van der Waals surface area contributed by atoms with Crippen LogP contribution in [-0.2, 0) is 0 Å². The van der Waals surface area contributed by atoms with Crippen molar-refractivity contribution in [1.29, 1.82) is 0 Å². The highest BCUT2D eigenvalue weighted by atomic mass is 14.9. The fourth-order valence-electron chi connectivity index (χ4n) is 6.48. The van der Waals surface area contributed by atoms with Crippen LogP contribution in [0.25, 0.3) is 81.4 Å². The van der Waals surface area contributed by atoms with Gasteiger partial charge in [-0.1, -0.05) is 84.9 Å². The SMILES string of the molecule is c1ccc2c(c1)cc1c3c2[nH]c2cc4ccccc4c(c4cccc5c6ccccc6n1c54)c23. The summed E-state index contributed by atoms with van der Waals surface area (Å²) in [5.41, 5.74) is 6.24. The van der Waals surface area contributed by atoms with Gasteiger partial charge in [0.2, 0.25) is 0 Å². The van der Waals surface area contributed by atoms with Crippen LogP contribution in [-0.4, -0.2) is 9.38 Å². The third-order valence-corrected chi connectivity index (χ3v) is 7.79. The van der Waals surface area contributed by atoms with Crippen molar-refractivity contribution in [2.75, 3.05) is 0 Å². The molecule has 0 aliphatic heterocycles. The van der Waals surface area contributed by atoms with Crippen LogP contribution in [0, 0.1) is 0 Å². The first-order valence-corrected chi connectivity index (χ1v) is 11.8. The second-order valence-corrected chi connectivity index (χ2v) is 9.44. The molecule has 0 saturated heterocycles. The second kappa shape index (κ2) is 5.67. The standard InChI is InChI=1S/C32H18N2/c1-3-10-20-18(8-1)16-25-29-28(20)24-14-7-13-23-22-12-5-6-15-26(22)34(32(23)24)27-17-19-9-2-4-11-21(19)31(33-25)30(27)29/h1-17,33H. The molecule has 0 fully saturated rings. The van der Waals surface area contributed by atoms with E-state index in [1.807, 2.05) is 0 Å². The largest absolute Gasteiger partial charge is 0.354 e. The van der Waals surface area contributed by atoms with Crippen LogP contribution in [0.4, 0.5) is 0 Å². The summed E-state index contributed by atoms with van der Waals surface area (Å²) in [4.78, 5) is 3.85. The van der Waals surface area contributed by atoms with Crippen molar-refractivity contribution >= 4 is 81.4 Å². The third-order valence-electron chi connectivity index (χ3n) is 7.79. The minimum atomic E-state index is 1.20. The van der Waals surface area contributed by atoms with Crippen LogP contribution in [0.15, 0.2) is 103 Å². The number of nitrogens with one attached hydrogen (secondary N) is 1. The Bertz CT molecular complexity index is 2280. The van der Waals surface area contributed by atoms with Gasteiger partial charge in [-0.15, -0.1) is 0 Å². The molecule has 0 unspecified atom stereocenters. The lowest BCUT2D eigenvalue weighted by molar-refractivity contribution is 1.36. The Balaban J connectivity index is 1.82. The Labute approximate surface area is 194 Å². The molecule has 6 aromatic carbocycles. The summed E-state index contributed by atoms with van der Waals surface area (Å²) in [6.07, 6.45) is 0. The number of hydrogen-bond acceptors (Lipinski definition) is 0. The minimum absolute atomic E-state index is 1.20. The molecule has 0 radical (unpaired) electrons. The van der Waals surface area contributed by atoms with E-state index in [2.05, 4.69) is 113 Å². The lowest BCUT2D eigenvalue weighted by atomic mass is 9.97. The Morgan fingerprint density at radius 3 is 2.03 bits per heavy atom. The average molecular weight is 431 g/mol. The number of aromatic nitrogens is 2. The number of rotatable bonds is 0. The van der Waals surface area contributed by atoms with Gasteiger partial charge >= 0.3 is 0 Å². The third kappa shape index (κ3) is 1.83. The molecule has 2 heteroatoms. The molecule has 0 aliphatic carbocycles. The predicted octanol–water partition coefficient (Wildman–Crippen LogP) is 8.78. The van der Waals surface area contributed by atoms with E-state index >= 15 is 0 Å². The molecule has 2 nitrogen and oxygen atoms in total. The van der Waals surface area contributed by atoms with E-state index in [1.165, 1.54) is 81.4 Å². The first kappa shape index (κ1) is 17.0. The Hall–Kier alpha value is -4.56. The van der Waals surface area contributed by atoms with Crippen LogP contribution < -0.4 is 0 Å². The van der Waals surface area contributed by atoms with E-state index in [4.69, 9.17) is 0 Å². The van der Waals surface area contributed by atoms with Crippen molar-refractivity contribution < 1.29 is 0 Å².